The van der Waals surface area contributed by atoms with Crippen molar-refractivity contribution in [3.63, 3.8) is 0 Å². The van der Waals surface area contributed by atoms with Gasteiger partial charge in [-0.2, -0.15) is 0 Å². The summed E-state index contributed by atoms with van der Waals surface area (Å²) in [5, 5.41) is 0. The standard InChI is InChI=1S/C24H32N4O5/c1-25(2)22(30)17-6-7-18-20(15-17)28(23(31)19-5-3-4-10-27(18)19)16-21(29)26-11-8-24(9-12-26)32-13-14-33-24/h6-7,15,19H,3-5,8-14,16H2,1-2H3/t19-/m1/s1. The normalized spacial score (nSPS) is 24.0. The molecule has 5 rings (SSSR count). The minimum absolute atomic E-state index is 0.0233. The van der Waals surface area contributed by atoms with Crippen LogP contribution in [-0.2, 0) is 19.1 Å². The Morgan fingerprint density at radius 1 is 1.06 bits per heavy atom. The van der Waals surface area contributed by atoms with Crippen molar-refractivity contribution in [2.24, 2.45) is 0 Å². The maximum absolute atomic E-state index is 13.5. The van der Waals surface area contributed by atoms with E-state index in [1.807, 2.05) is 12.1 Å². The van der Waals surface area contributed by atoms with Crippen LogP contribution in [0.5, 0.6) is 0 Å². The molecule has 0 bridgehead atoms. The predicted octanol–water partition coefficient (Wildman–Crippen LogP) is 1.46. The summed E-state index contributed by atoms with van der Waals surface area (Å²) in [6.07, 6.45) is 4.08. The van der Waals surface area contributed by atoms with Crippen LogP contribution in [0.15, 0.2) is 18.2 Å². The summed E-state index contributed by atoms with van der Waals surface area (Å²) in [4.78, 5) is 46.5. The first kappa shape index (κ1) is 22.2. The molecule has 1 aromatic carbocycles. The number of rotatable bonds is 3. The van der Waals surface area contributed by atoms with Crippen LogP contribution in [0.25, 0.3) is 0 Å². The Balaban J connectivity index is 1.40. The van der Waals surface area contributed by atoms with E-state index in [2.05, 4.69) is 4.90 Å². The molecule has 0 aromatic heterocycles. The maximum atomic E-state index is 13.5. The first-order chi connectivity index (χ1) is 15.9. The van der Waals surface area contributed by atoms with Crippen molar-refractivity contribution in [3.05, 3.63) is 23.8 Å². The van der Waals surface area contributed by atoms with Crippen LogP contribution >= 0.6 is 0 Å². The minimum Gasteiger partial charge on any atom is -0.358 e. The van der Waals surface area contributed by atoms with Crippen molar-refractivity contribution >= 4 is 29.1 Å². The number of ether oxygens (including phenoxy) is 2. The second-order valence-electron chi connectivity index (χ2n) is 9.52. The van der Waals surface area contributed by atoms with E-state index < -0.39 is 5.79 Å². The molecule has 9 heteroatoms. The van der Waals surface area contributed by atoms with Gasteiger partial charge in [-0.05, 0) is 37.5 Å². The topological polar surface area (TPSA) is 82.6 Å². The van der Waals surface area contributed by atoms with Crippen LogP contribution in [0.2, 0.25) is 0 Å². The number of fused-ring (bicyclic) bond motifs is 3. The summed E-state index contributed by atoms with van der Waals surface area (Å²) >= 11 is 0. The molecule has 3 saturated heterocycles. The fraction of sp³-hybridized carbons (Fsp3) is 0.625. The van der Waals surface area contributed by atoms with Crippen LogP contribution in [0.4, 0.5) is 11.4 Å². The van der Waals surface area contributed by atoms with Crippen LogP contribution in [-0.4, -0.2) is 92.8 Å². The van der Waals surface area contributed by atoms with E-state index in [1.165, 1.54) is 4.90 Å². The number of anilines is 2. The molecular formula is C24H32N4O5. The Morgan fingerprint density at radius 3 is 2.48 bits per heavy atom. The molecule has 0 radical (unpaired) electrons. The number of carbonyl (C=O) groups is 3. The molecule has 4 aliphatic heterocycles. The lowest BCUT2D eigenvalue weighted by Gasteiger charge is -2.46. The fourth-order valence-corrected chi connectivity index (χ4v) is 5.43. The lowest BCUT2D eigenvalue weighted by molar-refractivity contribution is -0.187. The van der Waals surface area contributed by atoms with Crippen molar-refractivity contribution in [2.45, 2.75) is 43.9 Å². The highest BCUT2D eigenvalue weighted by Crippen LogP contribution is 2.40. The van der Waals surface area contributed by atoms with Gasteiger partial charge in [0.2, 0.25) is 11.8 Å². The van der Waals surface area contributed by atoms with Crippen molar-refractivity contribution in [2.75, 3.05) is 63.3 Å². The van der Waals surface area contributed by atoms with Gasteiger partial charge in [0.15, 0.2) is 5.79 Å². The summed E-state index contributed by atoms with van der Waals surface area (Å²) in [5.74, 6) is -0.819. The Morgan fingerprint density at radius 2 is 1.79 bits per heavy atom. The van der Waals surface area contributed by atoms with Gasteiger partial charge in [0.1, 0.15) is 12.6 Å². The average Bonchev–Trinajstić information content (AvgIpc) is 3.29. The van der Waals surface area contributed by atoms with E-state index in [0.29, 0.717) is 50.4 Å². The van der Waals surface area contributed by atoms with Gasteiger partial charge < -0.3 is 24.2 Å². The zero-order chi connectivity index (χ0) is 23.2. The predicted molar refractivity (Wildman–Crippen MR) is 122 cm³/mol. The van der Waals surface area contributed by atoms with Crippen LogP contribution in [0, 0.1) is 0 Å². The number of amides is 3. The Bertz CT molecular complexity index is 948. The molecule has 9 nitrogen and oxygen atoms in total. The molecule has 0 aliphatic carbocycles. The lowest BCUT2D eigenvalue weighted by Crippen LogP contribution is -2.58. The van der Waals surface area contributed by atoms with Gasteiger partial charge in [-0.25, -0.2) is 0 Å². The van der Waals surface area contributed by atoms with Crippen molar-refractivity contribution in [3.8, 4) is 0 Å². The molecule has 178 valence electrons. The molecule has 0 unspecified atom stereocenters. The Hall–Kier alpha value is -2.65. The number of carbonyl (C=O) groups excluding carboxylic acids is 3. The third kappa shape index (κ3) is 3.97. The zero-order valence-electron chi connectivity index (χ0n) is 19.4. The molecular weight excluding hydrogens is 424 g/mol. The summed E-state index contributed by atoms with van der Waals surface area (Å²) in [7, 11) is 3.41. The molecule has 1 atom stereocenters. The second kappa shape index (κ2) is 8.61. The Kier molecular flexibility index (Phi) is 5.78. The summed E-state index contributed by atoms with van der Waals surface area (Å²) in [6, 6.07) is 5.25. The number of piperidine rings is 2. The Labute approximate surface area is 194 Å². The zero-order valence-corrected chi connectivity index (χ0v) is 19.4. The highest BCUT2D eigenvalue weighted by molar-refractivity contribution is 6.09. The maximum Gasteiger partial charge on any atom is 0.253 e. The number of benzene rings is 1. The first-order valence-electron chi connectivity index (χ1n) is 11.9. The summed E-state index contributed by atoms with van der Waals surface area (Å²) in [5.41, 5.74) is 2.08. The van der Waals surface area contributed by atoms with E-state index in [1.54, 1.807) is 30.0 Å². The largest absolute Gasteiger partial charge is 0.358 e. The van der Waals surface area contributed by atoms with Crippen LogP contribution < -0.4 is 9.80 Å². The third-order valence-corrected chi connectivity index (χ3v) is 7.27. The first-order valence-corrected chi connectivity index (χ1v) is 11.9. The van der Waals surface area contributed by atoms with E-state index in [0.717, 1.165) is 31.5 Å². The lowest BCUT2D eigenvalue weighted by atomic mass is 9.95. The SMILES string of the molecule is CN(C)C(=O)c1ccc2c(c1)N(CC(=O)N1CCC3(CC1)OCCO3)C(=O)[C@H]1CCCCN21. The molecule has 4 heterocycles. The van der Waals surface area contributed by atoms with Crippen molar-refractivity contribution in [1.82, 2.24) is 9.80 Å². The number of hydrogen-bond donors (Lipinski definition) is 0. The van der Waals surface area contributed by atoms with Gasteiger partial charge in [0.25, 0.3) is 5.91 Å². The van der Waals surface area contributed by atoms with E-state index in [4.69, 9.17) is 9.47 Å². The molecule has 3 amide bonds. The average molecular weight is 457 g/mol. The molecule has 4 aliphatic rings. The van der Waals surface area contributed by atoms with E-state index in [9.17, 15) is 14.4 Å². The quantitative estimate of drug-likeness (QED) is 0.685. The van der Waals surface area contributed by atoms with Gasteiger partial charge in [0.05, 0.1) is 24.6 Å². The smallest absolute Gasteiger partial charge is 0.253 e. The third-order valence-electron chi connectivity index (χ3n) is 7.27. The van der Waals surface area contributed by atoms with Crippen LogP contribution in [0.1, 0.15) is 42.5 Å². The number of likely N-dealkylation sites (tertiary alicyclic amines) is 1. The minimum atomic E-state index is -0.547. The van der Waals surface area contributed by atoms with Gasteiger partial charge in [-0.3, -0.25) is 19.3 Å². The number of hydrogen-bond acceptors (Lipinski definition) is 6. The molecule has 3 fully saturated rings. The van der Waals surface area contributed by atoms with E-state index >= 15 is 0 Å². The molecule has 0 N–H and O–H groups in total. The van der Waals surface area contributed by atoms with Crippen LogP contribution in [0.3, 0.4) is 0 Å². The fourth-order valence-electron chi connectivity index (χ4n) is 5.43. The molecule has 1 aromatic rings. The highest BCUT2D eigenvalue weighted by Gasteiger charge is 2.43. The summed E-state index contributed by atoms with van der Waals surface area (Å²) < 4.78 is 11.5. The van der Waals surface area contributed by atoms with Gasteiger partial charge in [-0.15, -0.1) is 0 Å². The highest BCUT2D eigenvalue weighted by atomic mass is 16.7. The second-order valence-corrected chi connectivity index (χ2v) is 9.52. The van der Waals surface area contributed by atoms with Gasteiger partial charge in [0, 0.05) is 52.1 Å². The molecule has 1 spiro atoms. The monoisotopic (exact) mass is 456 g/mol. The van der Waals surface area contributed by atoms with E-state index in [-0.39, 0.29) is 30.3 Å². The van der Waals surface area contributed by atoms with Crippen molar-refractivity contribution in [1.29, 1.82) is 0 Å². The number of nitrogens with zero attached hydrogens (tertiary/aromatic N) is 4. The van der Waals surface area contributed by atoms with Gasteiger partial charge >= 0.3 is 0 Å². The summed E-state index contributed by atoms with van der Waals surface area (Å²) in [6.45, 7) is 3.06. The van der Waals surface area contributed by atoms with Gasteiger partial charge in [-0.1, -0.05) is 0 Å². The molecule has 33 heavy (non-hydrogen) atoms. The van der Waals surface area contributed by atoms with Crippen molar-refractivity contribution < 1.29 is 23.9 Å². The molecule has 0 saturated carbocycles.